The molecule has 0 amide bonds. The lowest BCUT2D eigenvalue weighted by molar-refractivity contribution is 0.211. The maximum Gasteiger partial charge on any atom is 0.274 e. The van der Waals surface area contributed by atoms with Crippen LogP contribution in [0, 0.1) is 0 Å². The molecule has 0 spiro atoms. The number of nitrogens with zero attached hydrogens (tertiary/aromatic N) is 1. The van der Waals surface area contributed by atoms with Crippen molar-refractivity contribution in [3.05, 3.63) is 37.1 Å². The smallest absolute Gasteiger partial charge is 0.274 e. The Morgan fingerprint density at radius 2 is 2.50 bits per heavy atom. The first-order chi connectivity index (χ1) is 4.79. The average Bonchev–Trinajstić information content (AvgIpc) is 1.88. The van der Waals surface area contributed by atoms with E-state index in [-0.39, 0.29) is 5.95 Å². The van der Waals surface area contributed by atoms with Gasteiger partial charge in [0.15, 0.2) is 0 Å². The van der Waals surface area contributed by atoms with Crippen molar-refractivity contribution in [3.63, 3.8) is 0 Å². The molecule has 0 bridgehead atoms. The lowest BCUT2D eigenvalue weighted by Crippen LogP contribution is -1.90. The summed E-state index contributed by atoms with van der Waals surface area (Å²) in [4.78, 5) is 3.76. The Labute approximate surface area is 58.6 Å². The monoisotopic (exact) mass is 137 g/mol. The van der Waals surface area contributed by atoms with Gasteiger partial charge in [0.1, 0.15) is 5.75 Å². The average molecular weight is 137 g/mol. The Hall–Kier alpha value is -1.51. The summed E-state index contributed by atoms with van der Waals surface area (Å²) >= 11 is 0. The van der Waals surface area contributed by atoms with Gasteiger partial charge in [-0.2, -0.15) is 0 Å². The maximum absolute atomic E-state index is 8.56. The predicted octanol–water partition coefficient (Wildman–Crippen LogP) is 1.49. The van der Waals surface area contributed by atoms with E-state index in [1.54, 1.807) is 18.3 Å². The van der Waals surface area contributed by atoms with Gasteiger partial charge in [-0.15, -0.1) is 0 Å². The van der Waals surface area contributed by atoms with Gasteiger partial charge in [0.2, 0.25) is 0 Å². The third-order valence-electron chi connectivity index (χ3n) is 0.870. The van der Waals surface area contributed by atoms with E-state index < -0.39 is 0 Å². The zero-order valence-electron chi connectivity index (χ0n) is 5.32. The van der Waals surface area contributed by atoms with Crippen molar-refractivity contribution in [2.75, 3.05) is 0 Å². The summed E-state index contributed by atoms with van der Waals surface area (Å²) in [7, 11) is 0. The first-order valence-electron chi connectivity index (χ1n) is 2.75. The van der Waals surface area contributed by atoms with Gasteiger partial charge >= 0.3 is 0 Å². The molecule has 1 heterocycles. The molecular formula is C7H7NO2. The molecule has 10 heavy (non-hydrogen) atoms. The summed E-state index contributed by atoms with van der Waals surface area (Å²) in [5.41, 5.74) is 0. The molecule has 3 heteroatoms. The van der Waals surface area contributed by atoms with Crippen molar-refractivity contribution < 1.29 is 9.84 Å². The second kappa shape index (κ2) is 2.87. The lowest BCUT2D eigenvalue weighted by atomic mass is 10.5. The number of aliphatic hydroxyl groups is 1. The van der Waals surface area contributed by atoms with Gasteiger partial charge in [-0.05, 0) is 18.7 Å². The van der Waals surface area contributed by atoms with E-state index in [4.69, 9.17) is 9.84 Å². The normalized spacial score (nSPS) is 8.80. The lowest BCUT2D eigenvalue weighted by Gasteiger charge is -1.99. The summed E-state index contributed by atoms with van der Waals surface area (Å²) in [6.07, 6.45) is 3.11. The Balaban J connectivity index is 2.67. The molecule has 0 unspecified atom stereocenters. The largest absolute Gasteiger partial charge is 0.481 e. The number of ether oxygens (including phenoxy) is 1. The topological polar surface area (TPSA) is 42.4 Å². The molecule has 1 aromatic rings. The molecule has 1 N–H and O–H groups in total. The zero-order chi connectivity index (χ0) is 7.40. The maximum atomic E-state index is 8.56. The first kappa shape index (κ1) is 6.61. The Bertz CT molecular complexity index is 220. The second-order valence-corrected chi connectivity index (χ2v) is 1.68. The Kier molecular flexibility index (Phi) is 1.89. The number of aliphatic hydroxyl groups excluding tert-OH is 1. The molecule has 0 aromatic carbocycles. The minimum Gasteiger partial charge on any atom is -0.481 e. The van der Waals surface area contributed by atoms with Crippen LogP contribution in [0.2, 0.25) is 0 Å². The van der Waals surface area contributed by atoms with Gasteiger partial charge < -0.3 is 9.84 Å². The van der Waals surface area contributed by atoms with Crippen molar-refractivity contribution in [2.45, 2.75) is 0 Å². The summed E-state index contributed by atoms with van der Waals surface area (Å²) in [5.74, 6) is 0.156. The van der Waals surface area contributed by atoms with Crippen LogP contribution in [0.3, 0.4) is 0 Å². The molecule has 0 aliphatic carbocycles. The van der Waals surface area contributed by atoms with E-state index in [9.17, 15) is 0 Å². The highest BCUT2D eigenvalue weighted by Gasteiger charge is 1.91. The van der Waals surface area contributed by atoms with Gasteiger partial charge in [-0.25, -0.2) is 0 Å². The van der Waals surface area contributed by atoms with Crippen LogP contribution in [0.5, 0.6) is 5.75 Å². The minimum atomic E-state index is -0.326. The van der Waals surface area contributed by atoms with Crippen LogP contribution in [-0.4, -0.2) is 10.1 Å². The van der Waals surface area contributed by atoms with Gasteiger partial charge in [0, 0.05) is 6.20 Å². The molecule has 0 atom stereocenters. The molecular weight excluding hydrogens is 130 g/mol. The van der Waals surface area contributed by atoms with Crippen LogP contribution in [0.4, 0.5) is 0 Å². The summed E-state index contributed by atoms with van der Waals surface area (Å²) in [5, 5.41) is 8.56. The van der Waals surface area contributed by atoms with Crippen LogP contribution in [-0.2, 0) is 0 Å². The highest BCUT2D eigenvalue weighted by Crippen LogP contribution is 2.07. The van der Waals surface area contributed by atoms with Crippen molar-refractivity contribution in [1.82, 2.24) is 4.98 Å². The van der Waals surface area contributed by atoms with Crippen LogP contribution in [0.25, 0.3) is 0 Å². The second-order valence-electron chi connectivity index (χ2n) is 1.68. The highest BCUT2D eigenvalue weighted by atomic mass is 16.6. The van der Waals surface area contributed by atoms with Crippen molar-refractivity contribution in [2.24, 2.45) is 0 Å². The third kappa shape index (κ3) is 1.78. The molecule has 0 saturated carbocycles. The number of hydrogen-bond donors (Lipinski definition) is 1. The van der Waals surface area contributed by atoms with Crippen molar-refractivity contribution >= 4 is 0 Å². The molecule has 0 saturated heterocycles. The SMILES string of the molecule is C=C(O)Oc1cccnc1. The molecule has 0 radical (unpaired) electrons. The Morgan fingerprint density at radius 3 is 3.00 bits per heavy atom. The standard InChI is InChI=1S/C7H7NO2/c1-6(9)10-7-3-2-4-8-5-7/h2-5,9H,1H2. The van der Waals surface area contributed by atoms with Crippen LogP contribution in [0.1, 0.15) is 0 Å². The van der Waals surface area contributed by atoms with E-state index in [0.717, 1.165) is 0 Å². The molecule has 1 aromatic heterocycles. The van der Waals surface area contributed by atoms with E-state index in [0.29, 0.717) is 5.75 Å². The summed E-state index contributed by atoms with van der Waals surface area (Å²) in [6.45, 7) is 3.16. The van der Waals surface area contributed by atoms with Crippen LogP contribution in [0.15, 0.2) is 37.1 Å². The van der Waals surface area contributed by atoms with Gasteiger partial charge in [-0.3, -0.25) is 4.98 Å². The minimum absolute atomic E-state index is 0.326. The highest BCUT2D eigenvalue weighted by molar-refractivity contribution is 5.16. The quantitative estimate of drug-likeness (QED) is 0.628. The van der Waals surface area contributed by atoms with E-state index in [1.165, 1.54) is 6.20 Å². The first-order valence-corrected chi connectivity index (χ1v) is 2.75. The van der Waals surface area contributed by atoms with Crippen LogP contribution >= 0.6 is 0 Å². The Morgan fingerprint density at radius 1 is 1.70 bits per heavy atom. The third-order valence-corrected chi connectivity index (χ3v) is 0.870. The van der Waals surface area contributed by atoms with E-state index in [2.05, 4.69) is 11.6 Å². The van der Waals surface area contributed by atoms with E-state index >= 15 is 0 Å². The van der Waals surface area contributed by atoms with Gasteiger partial charge in [-0.1, -0.05) is 0 Å². The zero-order valence-corrected chi connectivity index (χ0v) is 5.32. The summed E-state index contributed by atoms with van der Waals surface area (Å²) < 4.78 is 4.71. The van der Waals surface area contributed by atoms with Crippen LogP contribution < -0.4 is 4.74 Å². The predicted molar refractivity (Wildman–Crippen MR) is 36.6 cm³/mol. The molecule has 0 fully saturated rings. The summed E-state index contributed by atoms with van der Waals surface area (Å²) in [6, 6.07) is 3.38. The molecule has 52 valence electrons. The fourth-order valence-corrected chi connectivity index (χ4v) is 0.544. The van der Waals surface area contributed by atoms with Crippen molar-refractivity contribution in [3.8, 4) is 5.75 Å². The van der Waals surface area contributed by atoms with Crippen molar-refractivity contribution in [1.29, 1.82) is 0 Å². The van der Waals surface area contributed by atoms with E-state index in [1.807, 2.05) is 0 Å². The number of pyridine rings is 1. The van der Waals surface area contributed by atoms with Gasteiger partial charge in [0.05, 0.1) is 6.20 Å². The number of hydrogen-bond acceptors (Lipinski definition) is 3. The molecule has 0 aliphatic rings. The fraction of sp³-hybridized carbons (Fsp3) is 0. The number of rotatable bonds is 2. The number of aromatic nitrogens is 1. The van der Waals surface area contributed by atoms with Gasteiger partial charge in [0.25, 0.3) is 5.95 Å². The molecule has 3 nitrogen and oxygen atoms in total. The fourth-order valence-electron chi connectivity index (χ4n) is 0.544. The molecule has 1 rings (SSSR count). The molecule has 0 aliphatic heterocycles.